The van der Waals surface area contributed by atoms with Gasteiger partial charge in [0.05, 0.1) is 0 Å². The molecule has 2 amide bonds. The number of halogens is 1. The smallest absolute Gasteiger partial charge is 0.224 e. The highest BCUT2D eigenvalue weighted by Gasteiger charge is 2.25. The molecule has 0 spiro atoms. The third kappa shape index (κ3) is 7.34. The van der Waals surface area contributed by atoms with E-state index in [1.165, 1.54) is 5.56 Å². The lowest BCUT2D eigenvalue weighted by molar-refractivity contribution is -0.132. The molecule has 0 heterocycles. The number of amides is 2. The fourth-order valence-corrected chi connectivity index (χ4v) is 3.42. The van der Waals surface area contributed by atoms with E-state index in [1.54, 1.807) is 0 Å². The van der Waals surface area contributed by atoms with E-state index in [1.807, 2.05) is 30.0 Å². The number of carbonyl (C=O) groups is 2. The Kier molecular flexibility index (Phi) is 10.3. The Morgan fingerprint density at radius 1 is 1.19 bits per heavy atom. The summed E-state index contributed by atoms with van der Waals surface area (Å²) in [5, 5.41) is 3.01. The van der Waals surface area contributed by atoms with Crippen LogP contribution in [0.25, 0.3) is 0 Å². The Labute approximate surface area is 163 Å². The number of carbonyl (C=O) groups excluding carboxylic acids is 2. The number of hydrogen-bond acceptors (Lipinski definition) is 3. The van der Waals surface area contributed by atoms with Crippen LogP contribution in [0.3, 0.4) is 0 Å². The summed E-state index contributed by atoms with van der Waals surface area (Å²) in [5.74, 6) is 0.295. The maximum absolute atomic E-state index is 12.6. The molecular formula is C20H32ClN3O2. The molecule has 1 saturated carbocycles. The molecule has 1 aromatic carbocycles. The van der Waals surface area contributed by atoms with Gasteiger partial charge in [0, 0.05) is 38.0 Å². The van der Waals surface area contributed by atoms with Gasteiger partial charge in [-0.1, -0.05) is 43.2 Å². The first-order valence-electron chi connectivity index (χ1n) is 9.42. The van der Waals surface area contributed by atoms with Crippen LogP contribution >= 0.6 is 12.4 Å². The van der Waals surface area contributed by atoms with Gasteiger partial charge in [-0.05, 0) is 31.7 Å². The van der Waals surface area contributed by atoms with Crippen molar-refractivity contribution in [2.75, 3.05) is 19.6 Å². The molecule has 146 valence electrons. The van der Waals surface area contributed by atoms with Crippen LogP contribution in [-0.2, 0) is 16.0 Å². The van der Waals surface area contributed by atoms with Crippen LogP contribution in [0.4, 0.5) is 0 Å². The molecule has 1 aliphatic carbocycles. The van der Waals surface area contributed by atoms with Gasteiger partial charge in [0.15, 0.2) is 0 Å². The van der Waals surface area contributed by atoms with Crippen molar-refractivity contribution in [2.45, 2.75) is 51.5 Å². The Morgan fingerprint density at radius 2 is 1.85 bits per heavy atom. The molecule has 3 N–H and O–H groups in total. The average molecular weight is 382 g/mol. The summed E-state index contributed by atoms with van der Waals surface area (Å²) in [7, 11) is 0. The highest BCUT2D eigenvalue weighted by molar-refractivity contribution is 5.85. The van der Waals surface area contributed by atoms with E-state index in [2.05, 4.69) is 17.4 Å². The van der Waals surface area contributed by atoms with Gasteiger partial charge < -0.3 is 16.0 Å². The summed E-state index contributed by atoms with van der Waals surface area (Å²) >= 11 is 0. The van der Waals surface area contributed by atoms with E-state index in [0.29, 0.717) is 26.1 Å². The van der Waals surface area contributed by atoms with Crippen molar-refractivity contribution in [3.05, 3.63) is 35.9 Å². The molecule has 2 rings (SSSR count). The van der Waals surface area contributed by atoms with Gasteiger partial charge >= 0.3 is 0 Å². The lowest BCUT2D eigenvalue weighted by Crippen LogP contribution is -2.43. The van der Waals surface area contributed by atoms with Crippen LogP contribution in [0.1, 0.15) is 44.6 Å². The van der Waals surface area contributed by atoms with Gasteiger partial charge in [-0.25, -0.2) is 0 Å². The van der Waals surface area contributed by atoms with Gasteiger partial charge in [0.2, 0.25) is 11.8 Å². The standard InChI is InChI=1S/C20H31N3O2.ClH/c1-16(22-20(25)18-9-5-6-10-18)15-19(24)23(14-12-21)13-11-17-7-3-2-4-8-17;/h2-4,7-8,16,18H,5-6,9-15,21H2,1H3,(H,22,25);1H. The number of nitrogens with one attached hydrogen (secondary N) is 1. The Morgan fingerprint density at radius 3 is 2.46 bits per heavy atom. The molecule has 0 aliphatic heterocycles. The van der Waals surface area contributed by atoms with Crippen LogP contribution in [0.2, 0.25) is 0 Å². The van der Waals surface area contributed by atoms with Gasteiger partial charge in [-0.2, -0.15) is 0 Å². The molecule has 1 atom stereocenters. The number of hydrogen-bond donors (Lipinski definition) is 2. The SMILES string of the molecule is CC(CC(=O)N(CCN)CCc1ccccc1)NC(=O)C1CCCC1.Cl. The van der Waals surface area contributed by atoms with Crippen molar-refractivity contribution in [1.29, 1.82) is 0 Å². The molecule has 1 fully saturated rings. The normalized spacial score (nSPS) is 15.2. The number of nitrogens with two attached hydrogens (primary N) is 1. The van der Waals surface area contributed by atoms with Crippen molar-refractivity contribution in [3.8, 4) is 0 Å². The fourth-order valence-electron chi connectivity index (χ4n) is 3.42. The van der Waals surface area contributed by atoms with Gasteiger partial charge in [0.1, 0.15) is 0 Å². The summed E-state index contributed by atoms with van der Waals surface area (Å²) in [5.41, 5.74) is 6.88. The Balaban J connectivity index is 0.00000338. The number of benzene rings is 1. The van der Waals surface area contributed by atoms with Crippen molar-refractivity contribution in [3.63, 3.8) is 0 Å². The molecule has 5 nitrogen and oxygen atoms in total. The number of nitrogens with zero attached hydrogens (tertiary/aromatic N) is 1. The van der Waals surface area contributed by atoms with E-state index in [4.69, 9.17) is 5.73 Å². The van der Waals surface area contributed by atoms with Crippen molar-refractivity contribution >= 4 is 24.2 Å². The third-order valence-electron chi connectivity index (χ3n) is 4.86. The molecule has 0 saturated heterocycles. The minimum Gasteiger partial charge on any atom is -0.353 e. The summed E-state index contributed by atoms with van der Waals surface area (Å²) in [6.07, 6.45) is 5.36. The highest BCUT2D eigenvalue weighted by Crippen LogP contribution is 2.24. The van der Waals surface area contributed by atoms with Crippen molar-refractivity contribution in [2.24, 2.45) is 11.7 Å². The molecule has 0 bridgehead atoms. The molecule has 26 heavy (non-hydrogen) atoms. The van der Waals surface area contributed by atoms with E-state index < -0.39 is 0 Å². The summed E-state index contributed by atoms with van der Waals surface area (Å²) in [6, 6.07) is 9.99. The van der Waals surface area contributed by atoms with Crippen LogP contribution in [-0.4, -0.2) is 42.4 Å². The van der Waals surface area contributed by atoms with Crippen LogP contribution in [0.15, 0.2) is 30.3 Å². The second kappa shape index (κ2) is 11.9. The van der Waals surface area contributed by atoms with E-state index in [0.717, 1.165) is 32.1 Å². The minimum atomic E-state index is -0.141. The maximum atomic E-state index is 12.6. The van der Waals surface area contributed by atoms with E-state index in [9.17, 15) is 9.59 Å². The topological polar surface area (TPSA) is 75.4 Å². The minimum absolute atomic E-state index is 0. The zero-order valence-electron chi connectivity index (χ0n) is 15.7. The largest absolute Gasteiger partial charge is 0.353 e. The zero-order valence-corrected chi connectivity index (χ0v) is 16.5. The van der Waals surface area contributed by atoms with Gasteiger partial charge in [-0.3, -0.25) is 9.59 Å². The first kappa shape index (κ1) is 22.5. The summed E-state index contributed by atoms with van der Waals surface area (Å²) in [4.78, 5) is 26.6. The van der Waals surface area contributed by atoms with Crippen LogP contribution < -0.4 is 11.1 Å². The Bertz CT molecular complexity index is 547. The van der Waals surface area contributed by atoms with Crippen LogP contribution in [0, 0.1) is 5.92 Å². The zero-order chi connectivity index (χ0) is 18.1. The molecule has 6 heteroatoms. The molecule has 1 aliphatic rings. The summed E-state index contributed by atoms with van der Waals surface area (Å²) < 4.78 is 0. The van der Waals surface area contributed by atoms with E-state index >= 15 is 0 Å². The second-order valence-corrected chi connectivity index (χ2v) is 7.00. The molecule has 0 radical (unpaired) electrons. The molecule has 1 aromatic rings. The lowest BCUT2D eigenvalue weighted by Gasteiger charge is -2.24. The van der Waals surface area contributed by atoms with Crippen molar-refractivity contribution < 1.29 is 9.59 Å². The molecule has 1 unspecified atom stereocenters. The van der Waals surface area contributed by atoms with E-state index in [-0.39, 0.29) is 36.2 Å². The molecular weight excluding hydrogens is 350 g/mol. The predicted octanol–water partition coefficient (Wildman–Crippen LogP) is 2.52. The van der Waals surface area contributed by atoms with Crippen molar-refractivity contribution in [1.82, 2.24) is 10.2 Å². The summed E-state index contributed by atoms with van der Waals surface area (Å²) in [6.45, 7) is 3.56. The number of rotatable bonds is 9. The molecule has 0 aromatic heterocycles. The average Bonchev–Trinajstić information content (AvgIpc) is 3.14. The van der Waals surface area contributed by atoms with Gasteiger partial charge in [-0.15, -0.1) is 12.4 Å². The highest BCUT2D eigenvalue weighted by atomic mass is 35.5. The van der Waals surface area contributed by atoms with Gasteiger partial charge in [0.25, 0.3) is 0 Å². The van der Waals surface area contributed by atoms with Crippen LogP contribution in [0.5, 0.6) is 0 Å². The fraction of sp³-hybridized carbons (Fsp3) is 0.600. The first-order chi connectivity index (χ1) is 12.1. The lowest BCUT2D eigenvalue weighted by atomic mass is 10.1. The second-order valence-electron chi connectivity index (χ2n) is 7.00. The first-order valence-corrected chi connectivity index (χ1v) is 9.42. The monoisotopic (exact) mass is 381 g/mol. The Hall–Kier alpha value is -1.59. The quantitative estimate of drug-likeness (QED) is 0.690. The third-order valence-corrected chi connectivity index (χ3v) is 4.86. The predicted molar refractivity (Wildman–Crippen MR) is 107 cm³/mol. The maximum Gasteiger partial charge on any atom is 0.224 e.